The second kappa shape index (κ2) is 8.34. The van der Waals surface area contributed by atoms with Crippen LogP contribution in [0.25, 0.3) is 0 Å². The lowest BCUT2D eigenvalue weighted by Crippen LogP contribution is -2.43. The van der Waals surface area contributed by atoms with Crippen LogP contribution in [0.5, 0.6) is 0 Å². The average molecular weight is 262 g/mol. The summed E-state index contributed by atoms with van der Waals surface area (Å²) in [6.07, 6.45) is 1.21. The van der Waals surface area contributed by atoms with Gasteiger partial charge >= 0.3 is 0 Å². The Morgan fingerprint density at radius 2 is 1.74 bits per heavy atom. The summed E-state index contributed by atoms with van der Waals surface area (Å²) in [6.45, 7) is 14.5. The molecular formula is C17H30N2. The fraction of sp³-hybridized carbons (Fsp3) is 0.647. The highest BCUT2D eigenvalue weighted by Crippen LogP contribution is 2.21. The van der Waals surface area contributed by atoms with E-state index in [1.165, 1.54) is 24.1 Å². The molecule has 2 atom stereocenters. The largest absolute Gasteiger partial charge is 0.309 e. The van der Waals surface area contributed by atoms with Crippen molar-refractivity contribution < 1.29 is 0 Å². The SMILES string of the molecule is CCCN(CC)C(C)C(NCC)c1ccc(C)cc1. The maximum atomic E-state index is 3.65. The first-order valence-electron chi connectivity index (χ1n) is 7.67. The van der Waals surface area contributed by atoms with E-state index in [4.69, 9.17) is 0 Å². The molecule has 2 nitrogen and oxygen atoms in total. The molecule has 1 aromatic carbocycles. The summed E-state index contributed by atoms with van der Waals surface area (Å²) in [5, 5.41) is 3.65. The second-order valence-corrected chi connectivity index (χ2v) is 5.32. The van der Waals surface area contributed by atoms with Crippen molar-refractivity contribution in [3.05, 3.63) is 35.4 Å². The summed E-state index contributed by atoms with van der Waals surface area (Å²) in [4.78, 5) is 2.56. The smallest absolute Gasteiger partial charge is 0.0475 e. The van der Waals surface area contributed by atoms with Crippen LogP contribution in [0, 0.1) is 6.92 Å². The monoisotopic (exact) mass is 262 g/mol. The molecule has 0 aromatic heterocycles. The number of likely N-dealkylation sites (N-methyl/N-ethyl adjacent to an activating group) is 2. The third-order valence-electron chi connectivity index (χ3n) is 3.84. The maximum Gasteiger partial charge on any atom is 0.0475 e. The standard InChI is InChI=1S/C17H30N2/c1-6-13-19(8-3)15(5)17(18-7-2)16-11-9-14(4)10-12-16/h9-12,15,17-18H,6-8,13H2,1-5H3. The average Bonchev–Trinajstić information content (AvgIpc) is 2.42. The first-order valence-corrected chi connectivity index (χ1v) is 7.67. The van der Waals surface area contributed by atoms with Crippen molar-refractivity contribution in [2.24, 2.45) is 0 Å². The molecule has 2 unspecified atom stereocenters. The Morgan fingerprint density at radius 3 is 2.21 bits per heavy atom. The molecule has 0 aliphatic rings. The molecule has 108 valence electrons. The van der Waals surface area contributed by atoms with Gasteiger partial charge in [-0.1, -0.05) is 50.6 Å². The van der Waals surface area contributed by atoms with E-state index >= 15 is 0 Å². The third-order valence-corrected chi connectivity index (χ3v) is 3.84. The minimum absolute atomic E-state index is 0.414. The Bertz CT molecular complexity index is 345. The molecule has 1 N–H and O–H groups in total. The van der Waals surface area contributed by atoms with Gasteiger partial charge in [-0.25, -0.2) is 0 Å². The maximum absolute atomic E-state index is 3.65. The van der Waals surface area contributed by atoms with Gasteiger partial charge in [-0.15, -0.1) is 0 Å². The van der Waals surface area contributed by atoms with Crippen LogP contribution in [-0.2, 0) is 0 Å². The van der Waals surface area contributed by atoms with Crippen LogP contribution in [0.1, 0.15) is 51.3 Å². The lowest BCUT2D eigenvalue weighted by atomic mass is 9.98. The molecule has 0 radical (unpaired) electrons. The second-order valence-electron chi connectivity index (χ2n) is 5.32. The van der Waals surface area contributed by atoms with Gasteiger partial charge in [-0.05, 0) is 45.5 Å². The quantitative estimate of drug-likeness (QED) is 0.767. The van der Waals surface area contributed by atoms with E-state index in [9.17, 15) is 0 Å². The molecule has 0 bridgehead atoms. The highest BCUT2D eigenvalue weighted by Gasteiger charge is 2.22. The van der Waals surface area contributed by atoms with Crippen molar-refractivity contribution in [1.29, 1.82) is 0 Å². The molecule has 0 amide bonds. The van der Waals surface area contributed by atoms with Crippen LogP contribution in [0.15, 0.2) is 24.3 Å². The van der Waals surface area contributed by atoms with E-state index in [2.05, 4.69) is 69.1 Å². The molecule has 1 rings (SSSR count). The number of hydrogen-bond donors (Lipinski definition) is 1. The fourth-order valence-corrected chi connectivity index (χ4v) is 2.71. The van der Waals surface area contributed by atoms with Gasteiger partial charge in [0.25, 0.3) is 0 Å². The third kappa shape index (κ3) is 4.63. The van der Waals surface area contributed by atoms with Gasteiger partial charge < -0.3 is 5.32 Å². The Balaban J connectivity index is 2.89. The molecule has 0 aliphatic heterocycles. The highest BCUT2D eigenvalue weighted by atomic mass is 15.2. The summed E-state index contributed by atoms with van der Waals surface area (Å²) < 4.78 is 0. The molecule has 0 fully saturated rings. The molecule has 0 spiro atoms. The summed E-state index contributed by atoms with van der Waals surface area (Å²) in [7, 11) is 0. The highest BCUT2D eigenvalue weighted by molar-refractivity contribution is 5.25. The Labute approximate surface area is 119 Å². The number of aryl methyl sites for hydroxylation is 1. The van der Waals surface area contributed by atoms with Crippen molar-refractivity contribution in [1.82, 2.24) is 10.2 Å². The van der Waals surface area contributed by atoms with Gasteiger partial charge in [0.2, 0.25) is 0 Å². The Morgan fingerprint density at radius 1 is 1.11 bits per heavy atom. The van der Waals surface area contributed by atoms with Gasteiger partial charge in [0, 0.05) is 12.1 Å². The van der Waals surface area contributed by atoms with E-state index in [-0.39, 0.29) is 0 Å². The zero-order chi connectivity index (χ0) is 14.3. The molecule has 0 aliphatic carbocycles. The van der Waals surface area contributed by atoms with Crippen LogP contribution in [0.2, 0.25) is 0 Å². The first kappa shape index (κ1) is 16.2. The lowest BCUT2D eigenvalue weighted by molar-refractivity contribution is 0.178. The topological polar surface area (TPSA) is 15.3 Å². The molecule has 0 saturated carbocycles. The van der Waals surface area contributed by atoms with Gasteiger partial charge in [-0.2, -0.15) is 0 Å². The van der Waals surface area contributed by atoms with Crippen LogP contribution < -0.4 is 5.32 Å². The number of benzene rings is 1. The predicted octanol–water partition coefficient (Wildman–Crippen LogP) is 3.77. The van der Waals surface area contributed by atoms with Crippen LogP contribution in [0.4, 0.5) is 0 Å². The van der Waals surface area contributed by atoms with Gasteiger partial charge in [0.05, 0.1) is 0 Å². The van der Waals surface area contributed by atoms with Crippen molar-refractivity contribution >= 4 is 0 Å². The summed E-state index contributed by atoms with van der Waals surface area (Å²) in [5.74, 6) is 0. The van der Waals surface area contributed by atoms with Crippen molar-refractivity contribution in [2.45, 2.75) is 53.1 Å². The van der Waals surface area contributed by atoms with E-state index in [0.717, 1.165) is 13.1 Å². The van der Waals surface area contributed by atoms with Crippen LogP contribution >= 0.6 is 0 Å². The van der Waals surface area contributed by atoms with Gasteiger partial charge in [0.1, 0.15) is 0 Å². The lowest BCUT2D eigenvalue weighted by Gasteiger charge is -2.34. The molecule has 0 heterocycles. The van der Waals surface area contributed by atoms with Gasteiger partial charge in [-0.3, -0.25) is 4.90 Å². The Hall–Kier alpha value is -0.860. The van der Waals surface area contributed by atoms with E-state index in [0.29, 0.717) is 12.1 Å². The van der Waals surface area contributed by atoms with E-state index in [1.54, 1.807) is 0 Å². The number of rotatable bonds is 8. The molecule has 0 saturated heterocycles. The van der Waals surface area contributed by atoms with Crippen LogP contribution in [-0.4, -0.2) is 30.6 Å². The van der Waals surface area contributed by atoms with E-state index < -0.39 is 0 Å². The fourth-order valence-electron chi connectivity index (χ4n) is 2.71. The van der Waals surface area contributed by atoms with Crippen molar-refractivity contribution in [3.8, 4) is 0 Å². The van der Waals surface area contributed by atoms with E-state index in [1.807, 2.05) is 0 Å². The Kier molecular flexibility index (Phi) is 7.11. The van der Waals surface area contributed by atoms with Crippen molar-refractivity contribution in [3.63, 3.8) is 0 Å². The normalized spacial score (nSPS) is 14.6. The molecular weight excluding hydrogens is 232 g/mol. The summed E-state index contributed by atoms with van der Waals surface area (Å²) in [6, 6.07) is 9.88. The van der Waals surface area contributed by atoms with Crippen LogP contribution in [0.3, 0.4) is 0 Å². The van der Waals surface area contributed by atoms with Crippen molar-refractivity contribution in [2.75, 3.05) is 19.6 Å². The molecule has 19 heavy (non-hydrogen) atoms. The first-order chi connectivity index (χ1) is 9.13. The zero-order valence-electron chi connectivity index (χ0n) is 13.2. The number of nitrogens with one attached hydrogen (secondary N) is 1. The zero-order valence-corrected chi connectivity index (χ0v) is 13.2. The minimum atomic E-state index is 0.414. The number of hydrogen-bond acceptors (Lipinski definition) is 2. The summed E-state index contributed by atoms with van der Waals surface area (Å²) in [5.41, 5.74) is 2.72. The predicted molar refractivity (Wildman–Crippen MR) is 84.6 cm³/mol. The van der Waals surface area contributed by atoms with Gasteiger partial charge in [0.15, 0.2) is 0 Å². The number of nitrogens with zero attached hydrogens (tertiary/aromatic N) is 1. The summed E-state index contributed by atoms with van der Waals surface area (Å²) >= 11 is 0. The minimum Gasteiger partial charge on any atom is -0.309 e. The molecule has 2 heteroatoms. The molecule has 1 aromatic rings.